The zero-order valence-electron chi connectivity index (χ0n) is 18.2. The van der Waals surface area contributed by atoms with Crippen LogP contribution in [0.2, 0.25) is 0 Å². The van der Waals surface area contributed by atoms with Crippen molar-refractivity contribution in [3.05, 3.63) is 59.2 Å². The maximum Gasteiger partial charge on any atom is 0.241 e. The summed E-state index contributed by atoms with van der Waals surface area (Å²) in [4.78, 5) is 23.2. The topological polar surface area (TPSA) is 80.2 Å². The molecule has 7 nitrogen and oxygen atoms in total. The normalized spacial score (nSPS) is 15.4. The molecule has 0 aromatic heterocycles. The van der Waals surface area contributed by atoms with Gasteiger partial charge in [-0.2, -0.15) is 0 Å². The van der Waals surface area contributed by atoms with E-state index in [4.69, 9.17) is 9.47 Å². The van der Waals surface area contributed by atoms with Gasteiger partial charge in [-0.15, -0.1) is 5.10 Å². The maximum atomic E-state index is 11.9. The molecule has 0 fully saturated rings. The highest BCUT2D eigenvalue weighted by Gasteiger charge is 2.32. The molecule has 0 saturated heterocycles. The predicted octanol–water partition coefficient (Wildman–Crippen LogP) is 4.15. The number of aryl methyl sites for hydroxylation is 1. The van der Waals surface area contributed by atoms with Gasteiger partial charge in [0.1, 0.15) is 16.9 Å². The highest BCUT2D eigenvalue weighted by molar-refractivity contribution is 8.14. The third kappa shape index (κ3) is 6.01. The van der Waals surface area contributed by atoms with Gasteiger partial charge in [0.15, 0.2) is 5.17 Å². The molecule has 1 unspecified atom stereocenters. The van der Waals surface area contributed by atoms with Gasteiger partial charge in [-0.25, -0.2) is 5.01 Å². The minimum Gasteiger partial charge on any atom is -0.493 e. The molecule has 164 valence electrons. The lowest BCUT2D eigenvalue weighted by Gasteiger charge is -2.19. The summed E-state index contributed by atoms with van der Waals surface area (Å²) in [5.41, 5.74) is 3.27. The molecule has 8 heteroatoms. The third-order valence-electron chi connectivity index (χ3n) is 4.78. The number of amidine groups is 1. The van der Waals surface area contributed by atoms with Crippen LogP contribution in [0.1, 0.15) is 42.3 Å². The Bertz CT molecular complexity index is 975. The number of nitrogens with zero attached hydrogens (tertiary/aromatic N) is 2. The highest BCUT2D eigenvalue weighted by atomic mass is 32.2. The van der Waals surface area contributed by atoms with Gasteiger partial charge in [0.05, 0.1) is 13.2 Å². The fraction of sp³-hybridized carbons (Fsp3) is 0.348. The summed E-state index contributed by atoms with van der Waals surface area (Å²) < 4.78 is 11.7. The van der Waals surface area contributed by atoms with Crippen LogP contribution in [0.3, 0.4) is 0 Å². The Labute approximate surface area is 186 Å². The SMILES string of the molecule is CC(=O)NC1=NN(C(C)=O)C(c2ccc(OCCCOc3cccc(C)c3C)cc2)S1. The van der Waals surface area contributed by atoms with Crippen molar-refractivity contribution in [1.29, 1.82) is 0 Å². The second kappa shape index (κ2) is 10.3. The molecule has 2 aromatic rings. The summed E-state index contributed by atoms with van der Waals surface area (Å²) >= 11 is 1.32. The van der Waals surface area contributed by atoms with E-state index in [1.807, 2.05) is 36.4 Å². The number of ether oxygens (including phenoxy) is 2. The average Bonchev–Trinajstić information content (AvgIpc) is 3.14. The van der Waals surface area contributed by atoms with E-state index in [2.05, 4.69) is 30.3 Å². The second-order valence-corrected chi connectivity index (χ2v) is 8.31. The van der Waals surface area contributed by atoms with Crippen LogP contribution in [0.4, 0.5) is 0 Å². The van der Waals surface area contributed by atoms with Crippen molar-refractivity contribution in [3.63, 3.8) is 0 Å². The summed E-state index contributed by atoms with van der Waals surface area (Å²) in [5.74, 6) is 1.24. The minimum atomic E-state index is -0.320. The Morgan fingerprint density at radius 3 is 2.45 bits per heavy atom. The van der Waals surface area contributed by atoms with Crippen molar-refractivity contribution in [1.82, 2.24) is 10.3 Å². The van der Waals surface area contributed by atoms with Crippen LogP contribution in [-0.2, 0) is 9.59 Å². The van der Waals surface area contributed by atoms with Gasteiger partial charge in [0, 0.05) is 20.3 Å². The molecule has 1 N–H and O–H groups in total. The number of hydrogen-bond donors (Lipinski definition) is 1. The number of carbonyl (C=O) groups is 2. The van der Waals surface area contributed by atoms with E-state index >= 15 is 0 Å². The molecule has 3 rings (SSSR count). The largest absolute Gasteiger partial charge is 0.493 e. The van der Waals surface area contributed by atoms with Crippen molar-refractivity contribution >= 4 is 28.7 Å². The quantitative estimate of drug-likeness (QED) is 0.653. The van der Waals surface area contributed by atoms with E-state index in [1.165, 1.54) is 36.2 Å². The molecular formula is C23H27N3O4S. The molecule has 0 bridgehead atoms. The first-order chi connectivity index (χ1) is 14.8. The van der Waals surface area contributed by atoms with E-state index < -0.39 is 0 Å². The first-order valence-electron chi connectivity index (χ1n) is 10.1. The van der Waals surface area contributed by atoms with Crippen LogP contribution >= 0.6 is 11.8 Å². The molecular weight excluding hydrogens is 414 g/mol. The van der Waals surface area contributed by atoms with Gasteiger partial charge in [-0.05, 0) is 48.7 Å². The fourth-order valence-electron chi connectivity index (χ4n) is 3.02. The van der Waals surface area contributed by atoms with E-state index in [-0.39, 0.29) is 17.2 Å². The van der Waals surface area contributed by atoms with Crippen LogP contribution in [0.5, 0.6) is 11.5 Å². The van der Waals surface area contributed by atoms with Gasteiger partial charge >= 0.3 is 0 Å². The van der Waals surface area contributed by atoms with Crippen molar-refractivity contribution in [2.24, 2.45) is 5.10 Å². The molecule has 1 aliphatic rings. The van der Waals surface area contributed by atoms with Gasteiger partial charge < -0.3 is 14.8 Å². The molecule has 0 spiro atoms. The molecule has 1 heterocycles. The average molecular weight is 442 g/mol. The van der Waals surface area contributed by atoms with Crippen molar-refractivity contribution in [3.8, 4) is 11.5 Å². The van der Waals surface area contributed by atoms with Crippen LogP contribution in [-0.4, -0.2) is 35.2 Å². The number of amides is 2. The Morgan fingerprint density at radius 2 is 1.77 bits per heavy atom. The Balaban J connectivity index is 1.49. The standard InChI is InChI=1S/C23H27N3O4S/c1-15-7-5-8-21(16(15)2)30-14-6-13-29-20-11-9-19(10-12-20)22-26(18(4)28)25-23(31-22)24-17(3)27/h5,7-12,22H,6,13-14H2,1-4H3,(H,24,25,27). The number of thioether (sulfide) groups is 1. The lowest BCUT2D eigenvalue weighted by atomic mass is 10.1. The summed E-state index contributed by atoms with van der Waals surface area (Å²) in [6.45, 7) is 8.11. The first-order valence-corrected chi connectivity index (χ1v) is 11.0. The Kier molecular flexibility index (Phi) is 7.57. The number of benzene rings is 2. The van der Waals surface area contributed by atoms with E-state index in [9.17, 15) is 9.59 Å². The fourth-order valence-corrected chi connectivity index (χ4v) is 4.16. The number of nitrogens with one attached hydrogen (secondary N) is 1. The molecule has 2 amide bonds. The Morgan fingerprint density at radius 1 is 1.06 bits per heavy atom. The Hall–Kier alpha value is -3.00. The number of hydrogen-bond acceptors (Lipinski definition) is 6. The molecule has 0 aliphatic carbocycles. The van der Waals surface area contributed by atoms with Crippen LogP contribution < -0.4 is 14.8 Å². The monoisotopic (exact) mass is 441 g/mol. The number of hydrazone groups is 1. The summed E-state index contributed by atoms with van der Waals surface area (Å²) in [6, 6.07) is 13.6. The van der Waals surface area contributed by atoms with E-state index in [0.29, 0.717) is 18.4 Å². The predicted molar refractivity (Wildman–Crippen MR) is 122 cm³/mol. The highest BCUT2D eigenvalue weighted by Crippen LogP contribution is 2.39. The van der Waals surface area contributed by atoms with Gasteiger partial charge in [-0.3, -0.25) is 9.59 Å². The van der Waals surface area contributed by atoms with Crippen LogP contribution in [0.25, 0.3) is 0 Å². The van der Waals surface area contributed by atoms with Crippen molar-refractivity contribution in [2.75, 3.05) is 13.2 Å². The molecule has 2 aromatic carbocycles. The lowest BCUT2D eigenvalue weighted by molar-refractivity contribution is -0.129. The van der Waals surface area contributed by atoms with Gasteiger partial charge in [-0.1, -0.05) is 36.0 Å². The number of rotatable bonds is 7. The van der Waals surface area contributed by atoms with E-state index in [0.717, 1.165) is 29.0 Å². The zero-order chi connectivity index (χ0) is 22.4. The number of carbonyl (C=O) groups excluding carboxylic acids is 2. The van der Waals surface area contributed by atoms with Gasteiger partial charge in [0.25, 0.3) is 0 Å². The molecule has 1 aliphatic heterocycles. The molecule has 1 atom stereocenters. The maximum absolute atomic E-state index is 11.9. The van der Waals surface area contributed by atoms with Crippen LogP contribution in [0.15, 0.2) is 47.6 Å². The lowest BCUT2D eigenvalue weighted by Crippen LogP contribution is -2.25. The van der Waals surface area contributed by atoms with Crippen molar-refractivity contribution in [2.45, 2.75) is 39.5 Å². The summed E-state index contributed by atoms with van der Waals surface area (Å²) in [7, 11) is 0. The molecule has 0 saturated carbocycles. The van der Waals surface area contributed by atoms with Crippen molar-refractivity contribution < 1.29 is 19.1 Å². The summed E-state index contributed by atoms with van der Waals surface area (Å²) in [5, 5.41) is 8.31. The van der Waals surface area contributed by atoms with E-state index in [1.54, 1.807) is 0 Å². The minimum absolute atomic E-state index is 0.193. The smallest absolute Gasteiger partial charge is 0.241 e. The second-order valence-electron chi connectivity index (χ2n) is 7.24. The third-order valence-corrected chi connectivity index (χ3v) is 5.89. The van der Waals surface area contributed by atoms with Crippen LogP contribution in [0, 0.1) is 13.8 Å². The van der Waals surface area contributed by atoms with Gasteiger partial charge in [0.2, 0.25) is 11.8 Å². The summed E-state index contributed by atoms with van der Waals surface area (Å²) in [6.07, 6.45) is 0.764. The zero-order valence-corrected chi connectivity index (χ0v) is 19.0. The molecule has 31 heavy (non-hydrogen) atoms. The first kappa shape index (κ1) is 22.7. The molecule has 0 radical (unpaired) electrons.